The van der Waals surface area contributed by atoms with Gasteiger partial charge in [-0.1, -0.05) is 12.8 Å². The van der Waals surface area contributed by atoms with E-state index < -0.39 is 0 Å². The number of hydrogen-bond donors (Lipinski definition) is 1. The van der Waals surface area contributed by atoms with Gasteiger partial charge in [0.05, 0.1) is 6.61 Å². The van der Waals surface area contributed by atoms with Crippen LogP contribution in [0.2, 0.25) is 0 Å². The summed E-state index contributed by atoms with van der Waals surface area (Å²) in [5, 5.41) is 3.47. The van der Waals surface area contributed by atoms with Crippen molar-refractivity contribution in [2.24, 2.45) is 0 Å². The largest absolute Gasteiger partial charge is 0.465 e. The van der Waals surface area contributed by atoms with Crippen molar-refractivity contribution >= 4 is 17.3 Å². The molecule has 1 N–H and O–H groups in total. The Hall–Kier alpha value is -0.870. The molecule has 0 aromatic carbocycles. The molecule has 0 amide bonds. The summed E-state index contributed by atoms with van der Waals surface area (Å²) in [4.78, 5) is 14.4. The number of carbonyl (C=O) groups excluding carboxylic acids is 1. The second-order valence-corrected chi connectivity index (χ2v) is 6.10. The van der Waals surface area contributed by atoms with E-state index in [2.05, 4.69) is 18.3 Å². The van der Waals surface area contributed by atoms with Crippen molar-refractivity contribution in [2.45, 2.75) is 51.6 Å². The zero-order chi connectivity index (χ0) is 13.0. The molecule has 3 nitrogen and oxygen atoms in total. The lowest BCUT2D eigenvalue weighted by Crippen LogP contribution is -2.36. The van der Waals surface area contributed by atoms with Crippen LogP contribution >= 0.6 is 11.3 Å². The Balaban J connectivity index is 2.08. The van der Waals surface area contributed by atoms with Crippen molar-refractivity contribution in [3.8, 4) is 0 Å². The average molecular weight is 267 g/mol. The van der Waals surface area contributed by atoms with Crippen LogP contribution in [0.15, 0.2) is 12.1 Å². The van der Waals surface area contributed by atoms with Gasteiger partial charge in [0.15, 0.2) is 0 Å². The van der Waals surface area contributed by atoms with Gasteiger partial charge in [-0.15, -0.1) is 11.3 Å². The highest BCUT2D eigenvalue weighted by atomic mass is 32.1. The molecule has 1 aromatic heterocycles. The molecule has 1 fully saturated rings. The second-order valence-electron chi connectivity index (χ2n) is 4.78. The third kappa shape index (κ3) is 3.33. The molecule has 0 aliphatic heterocycles. The summed E-state index contributed by atoms with van der Waals surface area (Å²) in [5.74, 6) is -0.147. The summed E-state index contributed by atoms with van der Waals surface area (Å²) in [6.07, 6.45) is 4.86. The van der Waals surface area contributed by atoms with Gasteiger partial charge in [-0.2, -0.15) is 0 Å². The number of thiophene rings is 1. The smallest absolute Gasteiger partial charge is 0.328 e. The van der Waals surface area contributed by atoms with Crippen LogP contribution in [0.1, 0.15) is 48.4 Å². The molecular weight excluding hydrogens is 246 g/mol. The zero-order valence-corrected chi connectivity index (χ0v) is 11.9. The molecule has 1 saturated carbocycles. The predicted octanol–water partition coefficient (Wildman–Crippen LogP) is 3.19. The van der Waals surface area contributed by atoms with Crippen LogP contribution in [-0.4, -0.2) is 18.6 Å². The highest BCUT2D eigenvalue weighted by molar-refractivity contribution is 7.12. The highest BCUT2D eigenvalue weighted by Gasteiger charge is 2.27. The Bertz CT molecular complexity index is 396. The lowest BCUT2D eigenvalue weighted by molar-refractivity contribution is -0.146. The first kappa shape index (κ1) is 13.6. The first-order chi connectivity index (χ1) is 8.70. The molecular formula is C14H21NO2S. The van der Waals surface area contributed by atoms with Crippen LogP contribution in [-0.2, 0) is 9.53 Å². The zero-order valence-electron chi connectivity index (χ0n) is 11.1. The van der Waals surface area contributed by atoms with E-state index in [1.807, 2.05) is 13.0 Å². The molecule has 1 unspecified atom stereocenters. The van der Waals surface area contributed by atoms with Gasteiger partial charge in [-0.05, 0) is 38.8 Å². The molecule has 0 radical (unpaired) electrons. The standard InChI is InChI=1S/C14H21NO2S/c1-3-17-14(16)13(12-9-8-10(2)18-12)15-11-6-4-5-7-11/h8-9,11,13,15H,3-7H2,1-2H3. The van der Waals surface area contributed by atoms with Crippen LogP contribution in [0, 0.1) is 6.92 Å². The van der Waals surface area contributed by atoms with Crippen molar-refractivity contribution < 1.29 is 9.53 Å². The maximum absolute atomic E-state index is 12.1. The molecule has 100 valence electrons. The molecule has 1 heterocycles. The van der Waals surface area contributed by atoms with Crippen molar-refractivity contribution in [3.63, 3.8) is 0 Å². The van der Waals surface area contributed by atoms with E-state index in [1.54, 1.807) is 11.3 Å². The third-order valence-electron chi connectivity index (χ3n) is 3.33. The maximum atomic E-state index is 12.1. The van der Waals surface area contributed by atoms with Crippen molar-refractivity contribution in [1.29, 1.82) is 0 Å². The van der Waals surface area contributed by atoms with E-state index in [9.17, 15) is 4.79 Å². The molecule has 1 atom stereocenters. The van der Waals surface area contributed by atoms with Gasteiger partial charge >= 0.3 is 5.97 Å². The minimum Gasteiger partial charge on any atom is -0.465 e. The van der Waals surface area contributed by atoms with Gasteiger partial charge < -0.3 is 4.74 Å². The predicted molar refractivity (Wildman–Crippen MR) is 73.8 cm³/mol. The van der Waals surface area contributed by atoms with Gasteiger partial charge in [0.25, 0.3) is 0 Å². The number of esters is 1. The fourth-order valence-electron chi connectivity index (χ4n) is 2.43. The first-order valence-corrected chi connectivity index (χ1v) is 7.51. The molecule has 4 heteroatoms. The topological polar surface area (TPSA) is 38.3 Å². The van der Waals surface area contributed by atoms with Crippen LogP contribution in [0.25, 0.3) is 0 Å². The molecule has 1 aliphatic rings. The van der Waals surface area contributed by atoms with Crippen molar-refractivity contribution in [2.75, 3.05) is 6.61 Å². The van der Waals surface area contributed by atoms with E-state index in [1.165, 1.54) is 30.6 Å². The quantitative estimate of drug-likeness (QED) is 0.833. The lowest BCUT2D eigenvalue weighted by atomic mass is 10.1. The number of ether oxygens (including phenoxy) is 1. The number of aryl methyl sites for hydroxylation is 1. The fraction of sp³-hybridized carbons (Fsp3) is 0.643. The number of carbonyl (C=O) groups is 1. The van der Waals surface area contributed by atoms with Gasteiger partial charge in [-0.3, -0.25) is 5.32 Å². The third-order valence-corrected chi connectivity index (χ3v) is 4.39. The van der Waals surface area contributed by atoms with E-state index in [4.69, 9.17) is 4.74 Å². The SMILES string of the molecule is CCOC(=O)C(NC1CCCC1)c1ccc(C)s1. The Morgan fingerprint density at radius 3 is 2.78 bits per heavy atom. The monoisotopic (exact) mass is 267 g/mol. The molecule has 1 aliphatic carbocycles. The van der Waals surface area contributed by atoms with Crippen LogP contribution in [0.5, 0.6) is 0 Å². The Kier molecular flexibility index (Phi) is 4.78. The Morgan fingerprint density at radius 2 is 2.22 bits per heavy atom. The minimum atomic E-state index is -0.285. The van der Waals surface area contributed by atoms with Gasteiger partial charge in [0, 0.05) is 15.8 Å². The number of hydrogen-bond acceptors (Lipinski definition) is 4. The van der Waals surface area contributed by atoms with Crippen molar-refractivity contribution in [1.82, 2.24) is 5.32 Å². The summed E-state index contributed by atoms with van der Waals surface area (Å²) < 4.78 is 5.18. The average Bonchev–Trinajstić information content (AvgIpc) is 2.97. The summed E-state index contributed by atoms with van der Waals surface area (Å²) in [7, 11) is 0. The summed E-state index contributed by atoms with van der Waals surface area (Å²) in [5.41, 5.74) is 0. The van der Waals surface area contributed by atoms with Gasteiger partial charge in [0.1, 0.15) is 6.04 Å². The molecule has 0 saturated heterocycles. The van der Waals surface area contributed by atoms with E-state index in [-0.39, 0.29) is 12.0 Å². The van der Waals surface area contributed by atoms with Gasteiger partial charge in [0.2, 0.25) is 0 Å². The van der Waals surface area contributed by atoms with Gasteiger partial charge in [-0.25, -0.2) is 4.79 Å². The number of rotatable bonds is 5. The summed E-state index contributed by atoms with van der Waals surface area (Å²) >= 11 is 1.67. The Labute approximate surface area is 113 Å². The normalized spacial score (nSPS) is 17.9. The van der Waals surface area contributed by atoms with Crippen LogP contribution in [0.3, 0.4) is 0 Å². The first-order valence-electron chi connectivity index (χ1n) is 6.69. The summed E-state index contributed by atoms with van der Waals surface area (Å²) in [6, 6.07) is 4.26. The molecule has 0 spiro atoms. The van der Waals surface area contributed by atoms with Crippen molar-refractivity contribution in [3.05, 3.63) is 21.9 Å². The minimum absolute atomic E-state index is 0.147. The summed E-state index contributed by atoms with van der Waals surface area (Å²) in [6.45, 7) is 4.35. The second kappa shape index (κ2) is 6.34. The van der Waals surface area contributed by atoms with E-state index in [0.717, 1.165) is 4.88 Å². The fourth-order valence-corrected chi connectivity index (χ4v) is 3.35. The highest BCUT2D eigenvalue weighted by Crippen LogP contribution is 2.27. The van der Waals surface area contributed by atoms with Crippen LogP contribution < -0.4 is 5.32 Å². The Morgan fingerprint density at radius 1 is 1.50 bits per heavy atom. The number of nitrogens with one attached hydrogen (secondary N) is 1. The molecule has 1 aromatic rings. The molecule has 0 bridgehead atoms. The van der Waals surface area contributed by atoms with E-state index >= 15 is 0 Å². The van der Waals surface area contributed by atoms with Crippen LogP contribution in [0.4, 0.5) is 0 Å². The molecule has 2 rings (SSSR count). The maximum Gasteiger partial charge on any atom is 0.328 e. The lowest BCUT2D eigenvalue weighted by Gasteiger charge is -2.20. The van der Waals surface area contributed by atoms with E-state index in [0.29, 0.717) is 12.6 Å². The molecule has 18 heavy (non-hydrogen) atoms.